The van der Waals surface area contributed by atoms with E-state index in [0.29, 0.717) is 15.6 Å². The van der Waals surface area contributed by atoms with Crippen molar-refractivity contribution in [2.24, 2.45) is 0 Å². The Morgan fingerprint density at radius 3 is 2.25 bits per heavy atom. The smallest absolute Gasteiger partial charge is 0.328 e. The van der Waals surface area contributed by atoms with E-state index in [9.17, 15) is 19.5 Å². The molecule has 0 heterocycles. The fourth-order valence-corrected chi connectivity index (χ4v) is 3.44. The van der Waals surface area contributed by atoms with Crippen LogP contribution in [0.3, 0.4) is 0 Å². The fourth-order valence-electron chi connectivity index (χ4n) is 3.00. The largest absolute Gasteiger partial charge is 0.480 e. The van der Waals surface area contributed by atoms with Crippen LogP contribution in [-0.2, 0) is 20.9 Å². The third kappa shape index (κ3) is 8.10. The molecule has 0 saturated heterocycles. The fraction of sp³-hybridized carbons (Fsp3) is 0.115. The number of carbonyl (C=O) groups excluding carboxylic acids is 2. The van der Waals surface area contributed by atoms with Gasteiger partial charge in [-0.2, -0.15) is 0 Å². The van der Waals surface area contributed by atoms with Crippen LogP contribution in [0.1, 0.15) is 21.5 Å². The molecule has 0 bridgehead atoms. The Morgan fingerprint density at radius 1 is 0.917 bits per heavy atom. The normalized spacial score (nSPS) is 12.0. The molecule has 3 aromatic carbocycles. The Bertz CT molecular complexity index is 1260. The predicted octanol–water partition coefficient (Wildman–Crippen LogP) is 5.20. The van der Waals surface area contributed by atoms with E-state index in [1.165, 1.54) is 42.5 Å². The second kappa shape index (κ2) is 13.1. The molecule has 0 fully saturated rings. The molecule has 3 rings (SSSR count). The number of ether oxygens (including phenoxy) is 1. The molecule has 36 heavy (non-hydrogen) atoms. The third-order valence-electron chi connectivity index (χ3n) is 4.85. The number of hydrogen-bond acceptors (Lipinski definition) is 4. The number of carboxylic acid groups (broad SMARTS) is 1. The Morgan fingerprint density at radius 2 is 1.61 bits per heavy atom. The monoisotopic (exact) mass is 546 g/mol. The second-order valence-electron chi connectivity index (χ2n) is 7.56. The Hall–Kier alpha value is -3.36. The van der Waals surface area contributed by atoms with Crippen molar-refractivity contribution in [1.82, 2.24) is 10.6 Å². The van der Waals surface area contributed by atoms with Gasteiger partial charge in [-0.05, 0) is 53.6 Å². The lowest BCUT2D eigenvalue weighted by Gasteiger charge is -2.17. The number of halogens is 3. The molecule has 0 saturated carbocycles. The van der Waals surface area contributed by atoms with Crippen LogP contribution in [0.5, 0.6) is 0 Å². The number of carbonyl (C=O) groups is 3. The Labute approximate surface area is 222 Å². The van der Waals surface area contributed by atoms with Crippen LogP contribution in [0.4, 0.5) is 0 Å². The van der Waals surface area contributed by atoms with Crippen molar-refractivity contribution in [2.75, 3.05) is 6.61 Å². The van der Waals surface area contributed by atoms with Gasteiger partial charge in [-0.25, -0.2) is 4.79 Å². The lowest BCUT2D eigenvalue weighted by molar-refractivity contribution is -0.143. The number of nitrogens with one attached hydrogen (secondary N) is 2. The quantitative estimate of drug-likeness (QED) is 0.303. The Kier molecular flexibility index (Phi) is 9.90. The summed E-state index contributed by atoms with van der Waals surface area (Å²) in [5, 5.41) is 15.5. The topological polar surface area (TPSA) is 105 Å². The maximum Gasteiger partial charge on any atom is 0.328 e. The van der Waals surface area contributed by atoms with Crippen molar-refractivity contribution >= 4 is 58.7 Å². The lowest BCUT2D eigenvalue weighted by Crippen LogP contribution is -2.46. The molecule has 0 aliphatic carbocycles. The summed E-state index contributed by atoms with van der Waals surface area (Å²) in [5.74, 6) is -2.73. The van der Waals surface area contributed by atoms with Crippen molar-refractivity contribution in [1.29, 1.82) is 0 Å². The number of benzene rings is 3. The van der Waals surface area contributed by atoms with Gasteiger partial charge in [0, 0.05) is 10.6 Å². The predicted molar refractivity (Wildman–Crippen MR) is 139 cm³/mol. The van der Waals surface area contributed by atoms with E-state index < -0.39 is 23.8 Å². The highest BCUT2D eigenvalue weighted by Crippen LogP contribution is 2.23. The van der Waals surface area contributed by atoms with Gasteiger partial charge < -0.3 is 20.5 Å². The molecule has 0 aliphatic rings. The molecule has 0 aromatic heterocycles. The zero-order chi connectivity index (χ0) is 26.1. The molecule has 1 atom stereocenters. The molecule has 186 valence electrons. The zero-order valence-electron chi connectivity index (χ0n) is 18.7. The van der Waals surface area contributed by atoms with Crippen LogP contribution in [0.15, 0.2) is 78.5 Å². The minimum absolute atomic E-state index is 0.166. The first-order chi connectivity index (χ1) is 17.2. The maximum absolute atomic E-state index is 13.1. The van der Waals surface area contributed by atoms with Crippen LogP contribution < -0.4 is 10.6 Å². The average Bonchev–Trinajstić information content (AvgIpc) is 2.86. The van der Waals surface area contributed by atoms with Crippen LogP contribution in [0.25, 0.3) is 6.08 Å². The number of rotatable bonds is 10. The standard InChI is InChI=1S/C26H21Cl3N2O5/c27-19-9-7-18(8-10-19)24(32)30-22(13-17-6-11-20(28)21(29)12-17)25(33)31-23(26(34)35)15-36-14-16-4-2-1-3-5-16/h1-13,23H,14-15H2,(H,30,32)(H,31,33)(H,34,35). The molecule has 2 amide bonds. The van der Waals surface area contributed by atoms with E-state index in [-0.39, 0.29) is 29.5 Å². The van der Waals surface area contributed by atoms with Crippen molar-refractivity contribution < 1.29 is 24.2 Å². The molecule has 7 nitrogen and oxygen atoms in total. The second-order valence-corrected chi connectivity index (χ2v) is 8.81. The summed E-state index contributed by atoms with van der Waals surface area (Å²) >= 11 is 17.9. The van der Waals surface area contributed by atoms with E-state index in [4.69, 9.17) is 39.5 Å². The highest BCUT2D eigenvalue weighted by molar-refractivity contribution is 6.42. The number of amides is 2. The average molecular weight is 548 g/mol. The molecule has 0 spiro atoms. The first-order valence-electron chi connectivity index (χ1n) is 10.6. The summed E-state index contributed by atoms with van der Waals surface area (Å²) in [6.45, 7) is -0.124. The van der Waals surface area contributed by atoms with E-state index in [1.807, 2.05) is 30.3 Å². The third-order valence-corrected chi connectivity index (χ3v) is 5.84. The molecule has 0 aliphatic heterocycles. The zero-order valence-corrected chi connectivity index (χ0v) is 21.0. The highest BCUT2D eigenvalue weighted by atomic mass is 35.5. The van der Waals surface area contributed by atoms with E-state index in [0.717, 1.165) is 5.56 Å². The Balaban J connectivity index is 1.79. The van der Waals surface area contributed by atoms with Crippen LogP contribution in [0, 0.1) is 0 Å². The first kappa shape index (κ1) is 27.2. The minimum atomic E-state index is -1.37. The number of aliphatic carboxylic acids is 1. The van der Waals surface area contributed by atoms with Crippen molar-refractivity contribution in [2.45, 2.75) is 12.6 Å². The van der Waals surface area contributed by atoms with Crippen LogP contribution in [0.2, 0.25) is 15.1 Å². The first-order valence-corrected chi connectivity index (χ1v) is 11.8. The minimum Gasteiger partial charge on any atom is -0.480 e. The van der Waals surface area contributed by atoms with E-state index >= 15 is 0 Å². The molecular weight excluding hydrogens is 527 g/mol. The van der Waals surface area contributed by atoms with Gasteiger partial charge in [0.1, 0.15) is 5.70 Å². The van der Waals surface area contributed by atoms with Crippen molar-refractivity contribution in [3.8, 4) is 0 Å². The van der Waals surface area contributed by atoms with Gasteiger partial charge >= 0.3 is 5.97 Å². The van der Waals surface area contributed by atoms with Crippen molar-refractivity contribution in [3.05, 3.63) is 110 Å². The summed E-state index contributed by atoms with van der Waals surface area (Å²) < 4.78 is 5.49. The number of carboxylic acids is 1. The summed E-state index contributed by atoms with van der Waals surface area (Å²) in [7, 11) is 0. The van der Waals surface area contributed by atoms with Crippen LogP contribution >= 0.6 is 34.8 Å². The maximum atomic E-state index is 13.1. The molecule has 1 unspecified atom stereocenters. The van der Waals surface area contributed by atoms with Gasteiger partial charge in [-0.3, -0.25) is 9.59 Å². The highest BCUT2D eigenvalue weighted by Gasteiger charge is 2.23. The summed E-state index contributed by atoms with van der Waals surface area (Å²) in [4.78, 5) is 37.6. The molecule has 0 radical (unpaired) electrons. The van der Waals surface area contributed by atoms with Gasteiger partial charge in [-0.15, -0.1) is 0 Å². The molecular formula is C26H21Cl3N2O5. The van der Waals surface area contributed by atoms with Gasteiger partial charge in [0.25, 0.3) is 11.8 Å². The van der Waals surface area contributed by atoms with Crippen LogP contribution in [-0.4, -0.2) is 35.5 Å². The lowest BCUT2D eigenvalue weighted by atomic mass is 10.1. The van der Waals surface area contributed by atoms with Gasteiger partial charge in [0.05, 0.1) is 23.3 Å². The van der Waals surface area contributed by atoms with E-state index in [2.05, 4.69) is 10.6 Å². The summed E-state index contributed by atoms with van der Waals surface area (Å²) in [6, 6.07) is 18.5. The SMILES string of the molecule is O=C(NC(COCc1ccccc1)C(=O)O)C(=Cc1ccc(Cl)c(Cl)c1)NC(=O)c1ccc(Cl)cc1. The molecule has 3 aromatic rings. The van der Waals surface area contributed by atoms with Crippen molar-refractivity contribution in [3.63, 3.8) is 0 Å². The van der Waals surface area contributed by atoms with Gasteiger partial charge in [0.15, 0.2) is 6.04 Å². The van der Waals surface area contributed by atoms with Gasteiger partial charge in [0.2, 0.25) is 0 Å². The molecule has 3 N–H and O–H groups in total. The number of hydrogen-bond donors (Lipinski definition) is 3. The summed E-state index contributed by atoms with van der Waals surface area (Å²) in [5.41, 5.74) is 1.34. The molecule has 10 heteroatoms. The van der Waals surface area contributed by atoms with Gasteiger partial charge in [-0.1, -0.05) is 71.2 Å². The summed E-state index contributed by atoms with van der Waals surface area (Å²) in [6.07, 6.45) is 1.36. The van der Waals surface area contributed by atoms with E-state index in [1.54, 1.807) is 6.07 Å².